The molecule has 0 aliphatic carbocycles. The van der Waals surface area contributed by atoms with Gasteiger partial charge in [-0.05, 0) is 31.9 Å². The monoisotopic (exact) mass is 317 g/mol. The Kier molecular flexibility index (Phi) is 5.35. The van der Waals surface area contributed by atoms with Gasteiger partial charge < -0.3 is 0 Å². The van der Waals surface area contributed by atoms with Gasteiger partial charge in [0.25, 0.3) is 10.2 Å². The van der Waals surface area contributed by atoms with Crippen LogP contribution in [0.2, 0.25) is 0 Å². The molecule has 0 aromatic rings. The van der Waals surface area contributed by atoms with Crippen molar-refractivity contribution in [2.75, 3.05) is 32.4 Å². The molecule has 20 heavy (non-hydrogen) atoms. The van der Waals surface area contributed by atoms with E-state index < -0.39 is 15.0 Å². The lowest BCUT2D eigenvalue weighted by molar-refractivity contribution is 0.293. The molecule has 0 amide bonds. The van der Waals surface area contributed by atoms with E-state index >= 15 is 0 Å². The maximum atomic E-state index is 12.6. The predicted molar refractivity (Wildman–Crippen MR) is 81.6 cm³/mol. The molecule has 114 valence electrons. The van der Waals surface area contributed by atoms with Gasteiger partial charge >= 0.3 is 0 Å². The largest absolute Gasteiger partial charge is 0.281 e. The standard InChI is InChI=1S/C13H23N3O2S2/c1-19-13(12-14)6-10-16(11-7-13)20(17,18)15-8-4-2-3-5-9-15/h2-11H2,1H3. The fourth-order valence-electron chi connectivity index (χ4n) is 2.88. The number of hydrogen-bond donors (Lipinski definition) is 0. The minimum absolute atomic E-state index is 0.398. The van der Waals surface area contributed by atoms with E-state index in [1.807, 2.05) is 6.26 Å². The van der Waals surface area contributed by atoms with Crippen molar-refractivity contribution in [2.24, 2.45) is 0 Å². The first-order valence-corrected chi connectivity index (χ1v) is 9.88. The molecular weight excluding hydrogens is 294 g/mol. The molecule has 0 N–H and O–H groups in total. The third-order valence-corrected chi connectivity index (χ3v) is 7.66. The van der Waals surface area contributed by atoms with E-state index in [2.05, 4.69) is 6.07 Å². The van der Waals surface area contributed by atoms with Crippen LogP contribution in [0.5, 0.6) is 0 Å². The highest BCUT2D eigenvalue weighted by atomic mass is 32.2. The number of nitrogens with zero attached hydrogens (tertiary/aromatic N) is 3. The highest BCUT2D eigenvalue weighted by molar-refractivity contribution is 8.00. The summed E-state index contributed by atoms with van der Waals surface area (Å²) in [5.41, 5.74) is 0. The second kappa shape index (κ2) is 6.65. The van der Waals surface area contributed by atoms with Crippen molar-refractivity contribution in [2.45, 2.75) is 43.3 Å². The van der Waals surface area contributed by atoms with Crippen molar-refractivity contribution in [3.8, 4) is 6.07 Å². The molecule has 0 unspecified atom stereocenters. The van der Waals surface area contributed by atoms with Gasteiger partial charge in [0, 0.05) is 26.2 Å². The number of rotatable bonds is 3. The van der Waals surface area contributed by atoms with E-state index in [4.69, 9.17) is 0 Å². The van der Waals surface area contributed by atoms with Gasteiger partial charge in [-0.2, -0.15) is 22.3 Å². The molecular formula is C13H23N3O2S2. The van der Waals surface area contributed by atoms with Crippen molar-refractivity contribution >= 4 is 22.0 Å². The van der Waals surface area contributed by atoms with Crippen LogP contribution >= 0.6 is 11.8 Å². The van der Waals surface area contributed by atoms with Gasteiger partial charge in [-0.1, -0.05) is 12.8 Å². The van der Waals surface area contributed by atoms with Crippen LogP contribution in [0.3, 0.4) is 0 Å². The van der Waals surface area contributed by atoms with Crippen molar-refractivity contribution in [3.05, 3.63) is 0 Å². The Morgan fingerprint density at radius 3 is 1.95 bits per heavy atom. The van der Waals surface area contributed by atoms with Crippen molar-refractivity contribution in [1.29, 1.82) is 5.26 Å². The molecule has 0 aromatic carbocycles. The Labute approximate surface area is 126 Å². The average molecular weight is 317 g/mol. The Morgan fingerprint density at radius 2 is 1.50 bits per heavy atom. The third kappa shape index (κ3) is 3.30. The molecule has 0 radical (unpaired) electrons. The van der Waals surface area contributed by atoms with Crippen LogP contribution in [0, 0.1) is 11.3 Å². The Hall–Kier alpha value is -0.290. The maximum Gasteiger partial charge on any atom is 0.281 e. The van der Waals surface area contributed by atoms with Crippen LogP contribution in [0.25, 0.3) is 0 Å². The molecule has 2 rings (SSSR count). The fourth-order valence-corrected chi connectivity index (χ4v) is 5.25. The summed E-state index contributed by atoms with van der Waals surface area (Å²) in [6.07, 6.45) is 7.34. The first-order valence-electron chi connectivity index (χ1n) is 7.26. The van der Waals surface area contributed by atoms with E-state index in [0.717, 1.165) is 25.7 Å². The number of piperidine rings is 1. The Morgan fingerprint density at radius 1 is 1.00 bits per heavy atom. The van der Waals surface area contributed by atoms with E-state index in [1.54, 1.807) is 20.4 Å². The summed E-state index contributed by atoms with van der Waals surface area (Å²) in [7, 11) is -3.33. The van der Waals surface area contributed by atoms with Crippen LogP contribution in [0.1, 0.15) is 38.5 Å². The first kappa shape index (κ1) is 16.1. The summed E-state index contributed by atoms with van der Waals surface area (Å²) in [5.74, 6) is 0. The lowest BCUT2D eigenvalue weighted by Gasteiger charge is -2.37. The maximum absolute atomic E-state index is 12.6. The number of thioether (sulfide) groups is 1. The molecule has 5 nitrogen and oxygen atoms in total. The topological polar surface area (TPSA) is 64.4 Å². The van der Waals surface area contributed by atoms with Crippen LogP contribution in [0.15, 0.2) is 0 Å². The SMILES string of the molecule is CSC1(C#N)CCN(S(=O)(=O)N2CCCCCC2)CC1. The zero-order valence-electron chi connectivity index (χ0n) is 12.0. The summed E-state index contributed by atoms with van der Waals surface area (Å²) in [6, 6.07) is 2.36. The molecule has 0 aromatic heterocycles. The molecule has 2 saturated heterocycles. The van der Waals surface area contributed by atoms with Gasteiger partial charge in [0.15, 0.2) is 0 Å². The molecule has 2 aliphatic rings. The molecule has 2 heterocycles. The van der Waals surface area contributed by atoms with E-state index in [9.17, 15) is 13.7 Å². The van der Waals surface area contributed by atoms with Gasteiger partial charge in [-0.25, -0.2) is 0 Å². The zero-order chi connectivity index (χ0) is 14.6. The summed E-state index contributed by atoms with van der Waals surface area (Å²) in [4.78, 5) is 0. The van der Waals surface area contributed by atoms with Crippen LogP contribution in [-0.2, 0) is 10.2 Å². The number of hydrogen-bond acceptors (Lipinski definition) is 4. The van der Waals surface area contributed by atoms with E-state index in [-0.39, 0.29) is 0 Å². The second-order valence-corrected chi connectivity index (χ2v) is 8.65. The van der Waals surface area contributed by atoms with Gasteiger partial charge in [-0.15, -0.1) is 11.8 Å². The normalized spacial score (nSPS) is 25.8. The minimum atomic E-state index is -3.33. The van der Waals surface area contributed by atoms with Gasteiger partial charge in [0.2, 0.25) is 0 Å². The molecule has 2 fully saturated rings. The highest BCUT2D eigenvalue weighted by Gasteiger charge is 2.39. The molecule has 0 bridgehead atoms. The van der Waals surface area contributed by atoms with E-state index in [0.29, 0.717) is 39.0 Å². The minimum Gasteiger partial charge on any atom is -0.197 e. The smallest absolute Gasteiger partial charge is 0.197 e. The lowest BCUT2D eigenvalue weighted by atomic mass is 9.99. The van der Waals surface area contributed by atoms with Crippen molar-refractivity contribution < 1.29 is 8.42 Å². The summed E-state index contributed by atoms with van der Waals surface area (Å²) < 4.78 is 28.1. The summed E-state index contributed by atoms with van der Waals surface area (Å²) in [6.45, 7) is 2.22. The molecule has 0 saturated carbocycles. The zero-order valence-corrected chi connectivity index (χ0v) is 13.7. The molecule has 7 heteroatoms. The van der Waals surface area contributed by atoms with Gasteiger partial charge in [-0.3, -0.25) is 0 Å². The quantitative estimate of drug-likeness (QED) is 0.796. The molecule has 0 spiro atoms. The number of nitriles is 1. The van der Waals surface area contributed by atoms with Crippen molar-refractivity contribution in [1.82, 2.24) is 8.61 Å². The predicted octanol–water partition coefficient (Wildman–Crippen LogP) is 1.83. The lowest BCUT2D eigenvalue weighted by Crippen LogP contribution is -2.50. The van der Waals surface area contributed by atoms with Crippen molar-refractivity contribution in [3.63, 3.8) is 0 Å². The summed E-state index contributed by atoms with van der Waals surface area (Å²) in [5, 5.41) is 9.27. The Bertz CT molecular complexity index is 456. The summed E-state index contributed by atoms with van der Waals surface area (Å²) >= 11 is 1.55. The molecule has 2 aliphatic heterocycles. The van der Waals surface area contributed by atoms with Crippen LogP contribution < -0.4 is 0 Å². The van der Waals surface area contributed by atoms with Gasteiger partial charge in [0.1, 0.15) is 4.75 Å². The third-order valence-electron chi connectivity index (χ3n) is 4.34. The second-order valence-electron chi connectivity index (χ2n) is 5.53. The van der Waals surface area contributed by atoms with Gasteiger partial charge in [0.05, 0.1) is 6.07 Å². The van der Waals surface area contributed by atoms with Crippen LogP contribution in [0.4, 0.5) is 0 Å². The first-order chi connectivity index (χ1) is 9.54. The fraction of sp³-hybridized carbons (Fsp3) is 0.923. The molecule has 0 atom stereocenters. The average Bonchev–Trinajstić information content (AvgIpc) is 2.77. The highest BCUT2D eigenvalue weighted by Crippen LogP contribution is 2.35. The van der Waals surface area contributed by atoms with E-state index in [1.165, 1.54) is 0 Å². The Balaban J connectivity index is 2.03. The van der Waals surface area contributed by atoms with Crippen LogP contribution in [-0.4, -0.2) is 54.2 Å².